The van der Waals surface area contributed by atoms with Crippen molar-refractivity contribution in [1.29, 1.82) is 5.26 Å². The number of methoxy groups -OCH3 is 2. The Hall–Kier alpha value is -3.46. The van der Waals surface area contributed by atoms with Crippen molar-refractivity contribution in [2.24, 2.45) is 0 Å². The minimum atomic E-state index is -0.280. The molecular formula is C23H26N2O4. The summed E-state index contributed by atoms with van der Waals surface area (Å²) in [7, 11) is 3.09. The standard InChI is InChI=1S/C23H26N2O4/c1-23(2,3)17-8-10-19(27-4)18(15-17)25-22(26)11-7-16-6-9-20(29-13-12-24)21(14-16)28-5/h6-11,14-15H,13H2,1-5H3,(H,25,26)/b11-7+. The molecule has 0 heterocycles. The molecule has 0 spiro atoms. The monoisotopic (exact) mass is 394 g/mol. The Morgan fingerprint density at radius 3 is 2.38 bits per heavy atom. The fraction of sp³-hybridized carbons (Fsp3) is 0.304. The van der Waals surface area contributed by atoms with Crippen LogP contribution in [0.3, 0.4) is 0 Å². The lowest BCUT2D eigenvalue weighted by molar-refractivity contribution is -0.111. The number of hydrogen-bond donors (Lipinski definition) is 1. The summed E-state index contributed by atoms with van der Waals surface area (Å²) in [6.07, 6.45) is 3.11. The van der Waals surface area contributed by atoms with Crippen LogP contribution in [0.1, 0.15) is 31.9 Å². The molecule has 0 aliphatic heterocycles. The predicted octanol–water partition coefficient (Wildman–Crippen LogP) is 4.56. The number of carbonyl (C=O) groups is 1. The molecule has 2 aromatic rings. The van der Waals surface area contributed by atoms with E-state index in [2.05, 4.69) is 26.1 Å². The van der Waals surface area contributed by atoms with Crippen LogP contribution in [0.15, 0.2) is 42.5 Å². The molecule has 29 heavy (non-hydrogen) atoms. The molecule has 2 rings (SSSR count). The van der Waals surface area contributed by atoms with Gasteiger partial charge in [0.05, 0.1) is 19.9 Å². The molecule has 0 unspecified atom stereocenters. The summed E-state index contributed by atoms with van der Waals surface area (Å²) in [5.41, 5.74) is 2.42. The van der Waals surface area contributed by atoms with Gasteiger partial charge in [-0.05, 0) is 46.9 Å². The van der Waals surface area contributed by atoms with Crippen LogP contribution in [-0.2, 0) is 10.2 Å². The third kappa shape index (κ3) is 6.01. The van der Waals surface area contributed by atoms with E-state index in [1.165, 1.54) is 13.2 Å². The van der Waals surface area contributed by atoms with Gasteiger partial charge in [0.25, 0.3) is 0 Å². The van der Waals surface area contributed by atoms with Gasteiger partial charge in [0.1, 0.15) is 11.8 Å². The lowest BCUT2D eigenvalue weighted by Crippen LogP contribution is -2.14. The summed E-state index contributed by atoms with van der Waals surface area (Å²) in [5.74, 6) is 1.28. The number of benzene rings is 2. The lowest BCUT2D eigenvalue weighted by atomic mass is 9.87. The summed E-state index contributed by atoms with van der Waals surface area (Å²) in [4.78, 5) is 12.4. The maximum atomic E-state index is 12.4. The minimum Gasteiger partial charge on any atom is -0.495 e. The first kappa shape index (κ1) is 21.8. The van der Waals surface area contributed by atoms with E-state index in [-0.39, 0.29) is 17.9 Å². The van der Waals surface area contributed by atoms with Gasteiger partial charge in [0.15, 0.2) is 18.1 Å². The van der Waals surface area contributed by atoms with Crippen molar-refractivity contribution in [1.82, 2.24) is 0 Å². The second-order valence-corrected chi connectivity index (χ2v) is 7.34. The molecule has 2 aromatic carbocycles. The lowest BCUT2D eigenvalue weighted by Gasteiger charge is -2.21. The number of hydrogen-bond acceptors (Lipinski definition) is 5. The maximum absolute atomic E-state index is 12.4. The number of rotatable bonds is 7. The summed E-state index contributed by atoms with van der Waals surface area (Å²) in [6.45, 7) is 6.26. The van der Waals surface area contributed by atoms with Crippen molar-refractivity contribution < 1.29 is 19.0 Å². The Morgan fingerprint density at radius 2 is 1.76 bits per heavy atom. The topological polar surface area (TPSA) is 80.6 Å². The van der Waals surface area contributed by atoms with Gasteiger partial charge in [-0.2, -0.15) is 5.26 Å². The molecule has 0 atom stereocenters. The van der Waals surface area contributed by atoms with Crippen LogP contribution in [-0.4, -0.2) is 26.7 Å². The summed E-state index contributed by atoms with van der Waals surface area (Å²) >= 11 is 0. The van der Waals surface area contributed by atoms with E-state index in [1.807, 2.05) is 24.3 Å². The first-order valence-corrected chi connectivity index (χ1v) is 9.14. The van der Waals surface area contributed by atoms with Crippen molar-refractivity contribution in [2.45, 2.75) is 26.2 Å². The molecule has 0 aliphatic rings. The van der Waals surface area contributed by atoms with Crippen LogP contribution >= 0.6 is 0 Å². The van der Waals surface area contributed by atoms with Crippen molar-refractivity contribution in [3.05, 3.63) is 53.6 Å². The number of nitrogens with one attached hydrogen (secondary N) is 1. The third-order valence-electron chi connectivity index (χ3n) is 4.23. The minimum absolute atomic E-state index is 0.0481. The molecule has 0 aliphatic carbocycles. The van der Waals surface area contributed by atoms with Crippen LogP contribution in [0, 0.1) is 11.3 Å². The van der Waals surface area contributed by atoms with Gasteiger partial charge in [-0.15, -0.1) is 0 Å². The summed E-state index contributed by atoms with van der Waals surface area (Å²) in [6, 6.07) is 12.9. The van der Waals surface area contributed by atoms with E-state index >= 15 is 0 Å². The van der Waals surface area contributed by atoms with E-state index in [1.54, 1.807) is 31.4 Å². The van der Waals surface area contributed by atoms with Gasteiger partial charge in [0, 0.05) is 6.08 Å². The first-order valence-electron chi connectivity index (χ1n) is 9.14. The molecule has 152 valence electrons. The van der Waals surface area contributed by atoms with Gasteiger partial charge in [-0.1, -0.05) is 32.9 Å². The summed E-state index contributed by atoms with van der Waals surface area (Å²) in [5, 5.41) is 11.5. The zero-order valence-corrected chi connectivity index (χ0v) is 17.4. The highest BCUT2D eigenvalue weighted by Gasteiger charge is 2.16. The van der Waals surface area contributed by atoms with Gasteiger partial charge in [-0.3, -0.25) is 4.79 Å². The molecule has 0 fully saturated rings. The van der Waals surface area contributed by atoms with E-state index in [0.717, 1.165) is 11.1 Å². The van der Waals surface area contributed by atoms with Gasteiger partial charge < -0.3 is 19.5 Å². The van der Waals surface area contributed by atoms with Crippen LogP contribution < -0.4 is 19.5 Å². The largest absolute Gasteiger partial charge is 0.495 e. The van der Waals surface area contributed by atoms with Crippen LogP contribution in [0.4, 0.5) is 5.69 Å². The van der Waals surface area contributed by atoms with Crippen molar-refractivity contribution in [3.8, 4) is 23.3 Å². The average Bonchev–Trinajstić information content (AvgIpc) is 2.70. The van der Waals surface area contributed by atoms with E-state index in [9.17, 15) is 4.79 Å². The molecule has 0 radical (unpaired) electrons. The molecule has 0 aromatic heterocycles. The van der Waals surface area contributed by atoms with Gasteiger partial charge in [-0.25, -0.2) is 0 Å². The summed E-state index contributed by atoms with van der Waals surface area (Å²) < 4.78 is 15.9. The molecule has 0 bridgehead atoms. The Bertz CT molecular complexity index is 937. The molecule has 0 saturated heterocycles. The molecule has 1 amide bonds. The molecule has 1 N–H and O–H groups in total. The number of nitriles is 1. The zero-order valence-electron chi connectivity index (χ0n) is 17.4. The number of carbonyl (C=O) groups excluding carboxylic acids is 1. The van der Waals surface area contributed by atoms with Gasteiger partial charge in [0.2, 0.25) is 5.91 Å². The van der Waals surface area contributed by atoms with Crippen LogP contribution in [0.2, 0.25) is 0 Å². The molecule has 6 nitrogen and oxygen atoms in total. The highest BCUT2D eigenvalue weighted by atomic mass is 16.5. The van der Waals surface area contributed by atoms with E-state index in [0.29, 0.717) is 22.9 Å². The van der Waals surface area contributed by atoms with E-state index < -0.39 is 0 Å². The van der Waals surface area contributed by atoms with Crippen molar-refractivity contribution in [3.63, 3.8) is 0 Å². The quantitative estimate of drug-likeness (QED) is 0.697. The predicted molar refractivity (Wildman–Crippen MR) is 113 cm³/mol. The second-order valence-electron chi connectivity index (χ2n) is 7.34. The number of ether oxygens (including phenoxy) is 3. The highest BCUT2D eigenvalue weighted by molar-refractivity contribution is 6.02. The third-order valence-corrected chi connectivity index (χ3v) is 4.23. The zero-order chi connectivity index (χ0) is 21.4. The van der Waals surface area contributed by atoms with Crippen LogP contribution in [0.25, 0.3) is 6.08 Å². The maximum Gasteiger partial charge on any atom is 0.248 e. The smallest absolute Gasteiger partial charge is 0.248 e. The van der Waals surface area contributed by atoms with Crippen LogP contribution in [0.5, 0.6) is 17.2 Å². The molecule has 6 heteroatoms. The number of nitrogens with zero attached hydrogens (tertiary/aromatic N) is 1. The van der Waals surface area contributed by atoms with Gasteiger partial charge >= 0.3 is 0 Å². The highest BCUT2D eigenvalue weighted by Crippen LogP contribution is 2.32. The number of anilines is 1. The fourth-order valence-electron chi connectivity index (χ4n) is 2.64. The second kappa shape index (κ2) is 9.65. The Balaban J connectivity index is 2.17. The normalized spacial score (nSPS) is 11.0. The average molecular weight is 394 g/mol. The van der Waals surface area contributed by atoms with Crippen molar-refractivity contribution >= 4 is 17.7 Å². The molecule has 0 saturated carbocycles. The Morgan fingerprint density at radius 1 is 1.07 bits per heavy atom. The number of amides is 1. The Labute approximate surface area is 171 Å². The first-order chi connectivity index (χ1) is 13.8. The SMILES string of the molecule is COc1ccc(C(C)(C)C)cc1NC(=O)/C=C/c1ccc(OCC#N)c(OC)c1. The van der Waals surface area contributed by atoms with Crippen molar-refractivity contribution in [2.75, 3.05) is 26.1 Å². The van der Waals surface area contributed by atoms with E-state index in [4.69, 9.17) is 19.5 Å². The fourth-order valence-corrected chi connectivity index (χ4v) is 2.64. The Kier molecular flexibility index (Phi) is 7.27. The molecular weight excluding hydrogens is 368 g/mol.